The number of hydrogen-bond acceptors (Lipinski definition) is 5. The van der Waals surface area contributed by atoms with E-state index in [4.69, 9.17) is 4.74 Å². The Labute approximate surface area is 189 Å². The van der Waals surface area contributed by atoms with Gasteiger partial charge in [0.05, 0.1) is 23.6 Å². The molecule has 2 aromatic carbocycles. The summed E-state index contributed by atoms with van der Waals surface area (Å²) in [6, 6.07) is 8.69. The van der Waals surface area contributed by atoms with Crippen LogP contribution in [0.2, 0.25) is 0 Å². The zero-order chi connectivity index (χ0) is 23.5. The second-order valence-electron chi connectivity index (χ2n) is 8.10. The average Bonchev–Trinajstić information content (AvgIpc) is 2.78. The number of rotatable bonds is 7. The first-order valence-corrected chi connectivity index (χ1v) is 12.0. The summed E-state index contributed by atoms with van der Waals surface area (Å²) >= 11 is 0. The van der Waals surface area contributed by atoms with E-state index in [1.54, 1.807) is 25.1 Å². The molecule has 0 radical (unpaired) electrons. The van der Waals surface area contributed by atoms with Crippen molar-refractivity contribution in [3.05, 3.63) is 53.3 Å². The molecular weight excluding hydrogens is 433 g/mol. The van der Waals surface area contributed by atoms with Crippen LogP contribution in [-0.2, 0) is 10.0 Å². The van der Waals surface area contributed by atoms with Gasteiger partial charge < -0.3 is 15.0 Å². The van der Waals surface area contributed by atoms with Crippen molar-refractivity contribution in [3.8, 4) is 5.75 Å². The van der Waals surface area contributed by atoms with Crippen molar-refractivity contribution < 1.29 is 22.3 Å². The van der Waals surface area contributed by atoms with Crippen molar-refractivity contribution in [1.29, 1.82) is 0 Å². The lowest BCUT2D eigenvalue weighted by molar-refractivity contribution is 0.0940. The maximum Gasteiger partial charge on any atom is 0.253 e. The molecule has 0 spiro atoms. The predicted molar refractivity (Wildman–Crippen MR) is 122 cm³/mol. The van der Waals surface area contributed by atoms with Crippen LogP contribution in [0.5, 0.6) is 5.75 Å². The van der Waals surface area contributed by atoms with Crippen molar-refractivity contribution >= 4 is 21.6 Å². The fraction of sp³-hybridized carbons (Fsp3) is 0.435. The molecule has 0 unspecified atom stereocenters. The quantitative estimate of drug-likeness (QED) is 0.679. The Balaban J connectivity index is 1.95. The van der Waals surface area contributed by atoms with Crippen molar-refractivity contribution in [3.63, 3.8) is 0 Å². The number of sulfonamides is 1. The molecular formula is C23H30FN3O4S. The lowest BCUT2D eigenvalue weighted by Crippen LogP contribution is -2.34. The zero-order valence-electron chi connectivity index (χ0n) is 18.9. The van der Waals surface area contributed by atoms with Gasteiger partial charge in [-0.1, -0.05) is 6.07 Å². The fourth-order valence-corrected chi connectivity index (χ4v) is 4.72. The normalized spacial score (nSPS) is 15.5. The van der Waals surface area contributed by atoms with Gasteiger partial charge in [-0.25, -0.2) is 17.1 Å². The van der Waals surface area contributed by atoms with Crippen LogP contribution in [0.25, 0.3) is 0 Å². The van der Waals surface area contributed by atoms with Gasteiger partial charge in [0.15, 0.2) is 11.6 Å². The Morgan fingerprint density at radius 1 is 1.12 bits per heavy atom. The second-order valence-corrected chi connectivity index (χ2v) is 10.3. The summed E-state index contributed by atoms with van der Waals surface area (Å²) in [7, 11) is 0.591. The van der Waals surface area contributed by atoms with E-state index in [-0.39, 0.29) is 16.2 Å². The molecule has 1 aliphatic heterocycles. The zero-order valence-corrected chi connectivity index (χ0v) is 19.7. The number of nitrogens with zero attached hydrogens (tertiary/aromatic N) is 2. The average molecular weight is 464 g/mol. The van der Waals surface area contributed by atoms with Gasteiger partial charge in [-0.2, -0.15) is 0 Å². The first-order valence-electron chi connectivity index (χ1n) is 10.6. The SMILES string of the molecule is COc1ccc([C@@H](C)NC(=O)c2cc(S(=O)(=O)N(C)C)ccc2N2CCCCC2)cc1F. The molecule has 2 aromatic rings. The molecule has 1 saturated heterocycles. The molecule has 3 rings (SSSR count). The molecule has 174 valence electrons. The second kappa shape index (κ2) is 9.87. The highest BCUT2D eigenvalue weighted by atomic mass is 32.2. The Kier molecular flexibility index (Phi) is 7.40. The molecule has 9 heteroatoms. The predicted octanol–water partition coefficient (Wildman–Crippen LogP) is 3.57. The summed E-state index contributed by atoms with van der Waals surface area (Å²) in [6.45, 7) is 3.36. The third kappa shape index (κ3) is 5.05. The number of hydrogen-bond donors (Lipinski definition) is 1. The molecule has 32 heavy (non-hydrogen) atoms. The van der Waals surface area contributed by atoms with Gasteiger partial charge in [-0.15, -0.1) is 0 Å². The van der Waals surface area contributed by atoms with Gasteiger partial charge >= 0.3 is 0 Å². The number of ether oxygens (including phenoxy) is 1. The van der Waals surface area contributed by atoms with Gasteiger partial charge in [-0.05, 0) is 62.1 Å². The van der Waals surface area contributed by atoms with Gasteiger partial charge in [0.25, 0.3) is 5.91 Å². The van der Waals surface area contributed by atoms with Crippen LogP contribution < -0.4 is 15.0 Å². The number of carbonyl (C=O) groups is 1. The number of nitrogens with one attached hydrogen (secondary N) is 1. The molecule has 1 atom stereocenters. The van der Waals surface area contributed by atoms with Crippen LogP contribution in [0.4, 0.5) is 10.1 Å². The molecule has 1 heterocycles. The number of amides is 1. The van der Waals surface area contributed by atoms with Gasteiger partial charge in [-0.3, -0.25) is 4.79 Å². The number of carbonyl (C=O) groups excluding carboxylic acids is 1. The Morgan fingerprint density at radius 2 is 1.81 bits per heavy atom. The summed E-state index contributed by atoms with van der Waals surface area (Å²) in [6.07, 6.45) is 3.16. The minimum Gasteiger partial charge on any atom is -0.494 e. The minimum atomic E-state index is -3.70. The Bertz CT molecular complexity index is 1080. The van der Waals surface area contributed by atoms with Crippen LogP contribution in [0, 0.1) is 5.82 Å². The Hall–Kier alpha value is -2.65. The smallest absolute Gasteiger partial charge is 0.253 e. The summed E-state index contributed by atoms with van der Waals surface area (Å²) in [4.78, 5) is 15.4. The van der Waals surface area contributed by atoms with E-state index >= 15 is 0 Å². The fourth-order valence-electron chi connectivity index (χ4n) is 3.79. The molecule has 0 bridgehead atoms. The van der Waals surface area contributed by atoms with Crippen molar-refractivity contribution in [1.82, 2.24) is 9.62 Å². The molecule has 1 fully saturated rings. The molecule has 0 aliphatic carbocycles. The molecule has 0 aromatic heterocycles. The maximum absolute atomic E-state index is 14.1. The first-order chi connectivity index (χ1) is 15.1. The van der Waals surface area contributed by atoms with Crippen molar-refractivity contribution in [2.24, 2.45) is 0 Å². The van der Waals surface area contributed by atoms with E-state index in [1.165, 1.54) is 39.4 Å². The van der Waals surface area contributed by atoms with Crippen LogP contribution in [0.3, 0.4) is 0 Å². The van der Waals surface area contributed by atoms with Crippen LogP contribution >= 0.6 is 0 Å². The van der Waals surface area contributed by atoms with Crippen LogP contribution in [-0.4, -0.2) is 52.9 Å². The Morgan fingerprint density at radius 3 is 2.41 bits per heavy atom. The molecule has 7 nitrogen and oxygen atoms in total. The molecule has 1 N–H and O–H groups in total. The van der Waals surface area contributed by atoms with E-state index in [1.807, 2.05) is 0 Å². The van der Waals surface area contributed by atoms with Crippen LogP contribution in [0.1, 0.15) is 48.1 Å². The van der Waals surface area contributed by atoms with E-state index in [9.17, 15) is 17.6 Å². The van der Waals surface area contributed by atoms with E-state index < -0.39 is 27.8 Å². The summed E-state index contributed by atoms with van der Waals surface area (Å²) in [5, 5.41) is 2.88. The topological polar surface area (TPSA) is 78.9 Å². The maximum atomic E-state index is 14.1. The van der Waals surface area contributed by atoms with E-state index in [0.717, 1.165) is 36.7 Å². The van der Waals surface area contributed by atoms with Gasteiger partial charge in [0.1, 0.15) is 0 Å². The highest BCUT2D eigenvalue weighted by Crippen LogP contribution is 2.29. The number of methoxy groups -OCH3 is 1. The van der Waals surface area contributed by atoms with E-state index in [2.05, 4.69) is 10.2 Å². The molecule has 1 aliphatic rings. The third-order valence-corrected chi connectivity index (χ3v) is 7.52. The van der Waals surface area contributed by atoms with Gasteiger partial charge in [0.2, 0.25) is 10.0 Å². The van der Waals surface area contributed by atoms with E-state index in [0.29, 0.717) is 11.3 Å². The minimum absolute atomic E-state index is 0.0524. The third-order valence-electron chi connectivity index (χ3n) is 5.71. The highest BCUT2D eigenvalue weighted by molar-refractivity contribution is 7.89. The lowest BCUT2D eigenvalue weighted by atomic mass is 10.0. The molecule has 0 saturated carbocycles. The lowest BCUT2D eigenvalue weighted by Gasteiger charge is -2.31. The summed E-state index contributed by atoms with van der Waals surface area (Å²) in [5.74, 6) is -0.800. The summed E-state index contributed by atoms with van der Waals surface area (Å²) in [5.41, 5.74) is 1.57. The largest absolute Gasteiger partial charge is 0.494 e. The standard InChI is InChI=1S/C23H30FN3O4S/c1-16(17-8-11-22(31-4)20(24)14-17)25-23(28)19-15-18(32(29,30)26(2)3)9-10-21(19)27-12-6-5-7-13-27/h8-11,14-16H,5-7,12-13H2,1-4H3,(H,25,28)/t16-/m1/s1. The highest BCUT2D eigenvalue weighted by Gasteiger charge is 2.25. The number of anilines is 1. The monoisotopic (exact) mass is 463 g/mol. The van der Waals surface area contributed by atoms with Gasteiger partial charge in [0, 0.05) is 32.9 Å². The van der Waals surface area contributed by atoms with Crippen LogP contribution in [0.15, 0.2) is 41.3 Å². The van der Waals surface area contributed by atoms with Crippen molar-refractivity contribution in [2.45, 2.75) is 37.1 Å². The number of halogens is 1. The summed E-state index contributed by atoms with van der Waals surface area (Å²) < 4.78 is 45.5. The first kappa shape index (κ1) is 24.0. The number of piperidine rings is 1. The molecule has 1 amide bonds. The number of benzene rings is 2. The van der Waals surface area contributed by atoms with Crippen molar-refractivity contribution in [2.75, 3.05) is 39.2 Å².